The van der Waals surface area contributed by atoms with Crippen LogP contribution in [0.1, 0.15) is 75.7 Å². The largest absolute Gasteiger partial charge is 0.416 e. The van der Waals surface area contributed by atoms with Gasteiger partial charge in [0.2, 0.25) is 0 Å². The Bertz CT molecular complexity index is 1650. The smallest absolute Gasteiger partial charge is 0.381 e. The van der Waals surface area contributed by atoms with E-state index in [9.17, 15) is 31.9 Å². The third-order valence-corrected chi connectivity index (χ3v) is 9.14. The zero-order chi connectivity index (χ0) is 33.5. The Morgan fingerprint density at radius 1 is 1.09 bits per heavy atom. The number of rotatable bonds is 7. The van der Waals surface area contributed by atoms with Crippen LogP contribution in [0.3, 0.4) is 0 Å². The van der Waals surface area contributed by atoms with Gasteiger partial charge in [0.1, 0.15) is 17.7 Å². The second kappa shape index (κ2) is 13.1. The highest BCUT2D eigenvalue weighted by molar-refractivity contribution is 6.07. The van der Waals surface area contributed by atoms with Gasteiger partial charge in [-0.25, -0.2) is 9.07 Å². The van der Waals surface area contributed by atoms with E-state index in [4.69, 9.17) is 14.6 Å². The van der Waals surface area contributed by atoms with Crippen LogP contribution in [0.25, 0.3) is 0 Å². The first-order chi connectivity index (χ1) is 22.5. The summed E-state index contributed by atoms with van der Waals surface area (Å²) in [5, 5.41) is 7.55. The molecule has 0 radical (unpaired) electrons. The fraction of sp³-hybridized carbons (Fsp3) is 0.455. The summed E-state index contributed by atoms with van der Waals surface area (Å²) in [7, 11) is 1.58. The number of likely N-dealkylation sites (tertiary alicyclic amines) is 1. The van der Waals surface area contributed by atoms with Gasteiger partial charge in [-0.05, 0) is 62.1 Å². The van der Waals surface area contributed by atoms with Gasteiger partial charge in [0.05, 0.1) is 17.7 Å². The van der Waals surface area contributed by atoms with Crippen LogP contribution in [0.15, 0.2) is 48.5 Å². The van der Waals surface area contributed by atoms with E-state index in [1.165, 1.54) is 35.2 Å². The number of halogens is 4. The molecule has 0 saturated carbocycles. The summed E-state index contributed by atoms with van der Waals surface area (Å²) in [6.07, 6.45) is -3.05. The van der Waals surface area contributed by atoms with Gasteiger partial charge in [0.25, 0.3) is 17.7 Å². The number of alkyl halides is 3. The van der Waals surface area contributed by atoms with Gasteiger partial charge < -0.3 is 19.7 Å². The number of ether oxygens (including phenoxy) is 2. The Kier molecular flexibility index (Phi) is 9.07. The first-order valence-electron chi connectivity index (χ1n) is 15.6. The number of benzene rings is 2. The van der Waals surface area contributed by atoms with Gasteiger partial charge in [-0.2, -0.15) is 18.3 Å². The molecule has 10 nitrogen and oxygen atoms in total. The second-order valence-corrected chi connectivity index (χ2v) is 11.9. The van der Waals surface area contributed by atoms with Crippen molar-refractivity contribution in [1.29, 1.82) is 0 Å². The summed E-state index contributed by atoms with van der Waals surface area (Å²) in [4.78, 5) is 45.4. The lowest BCUT2D eigenvalue weighted by Gasteiger charge is -2.39. The maximum absolute atomic E-state index is 14.4. The van der Waals surface area contributed by atoms with Gasteiger partial charge in [0, 0.05) is 57.0 Å². The summed E-state index contributed by atoms with van der Waals surface area (Å²) in [6.45, 7) is 3.57. The van der Waals surface area contributed by atoms with Crippen LogP contribution >= 0.6 is 0 Å². The van der Waals surface area contributed by atoms with Crippen LogP contribution in [0.2, 0.25) is 0 Å². The molecule has 3 atom stereocenters. The van der Waals surface area contributed by atoms with E-state index in [0.717, 1.165) is 18.2 Å². The molecule has 4 heterocycles. The van der Waals surface area contributed by atoms with E-state index < -0.39 is 41.3 Å². The molecule has 47 heavy (non-hydrogen) atoms. The maximum Gasteiger partial charge on any atom is 0.416 e. The van der Waals surface area contributed by atoms with Crippen LogP contribution in [0.5, 0.6) is 0 Å². The number of fused-ring (bicyclic) bond motifs is 1. The SMILES string of the molecule is CCN1C(=O)C(NC(=O)c2cccc(C(F)(F)F)c2)C(c2ccc(F)cc2)c2c(C(=O)N3CCC(OC)C3)nn(C3CCOCC3)c21. The molecule has 250 valence electrons. The number of anilines is 1. The minimum atomic E-state index is -4.69. The second-order valence-electron chi connectivity index (χ2n) is 11.9. The van der Waals surface area contributed by atoms with Gasteiger partial charge in [-0.15, -0.1) is 0 Å². The average Bonchev–Trinajstić information content (AvgIpc) is 3.71. The molecule has 1 aromatic heterocycles. The molecule has 6 rings (SSSR count). The summed E-state index contributed by atoms with van der Waals surface area (Å²) in [5.74, 6) is -2.99. The lowest BCUT2D eigenvalue weighted by molar-refractivity contribution is -0.137. The maximum atomic E-state index is 14.4. The molecular formula is C33H35F4N5O5. The van der Waals surface area contributed by atoms with E-state index >= 15 is 0 Å². The van der Waals surface area contributed by atoms with E-state index in [1.54, 1.807) is 23.6 Å². The number of amides is 3. The molecule has 14 heteroatoms. The normalized spacial score (nSPS) is 22.0. The summed E-state index contributed by atoms with van der Waals surface area (Å²) < 4.78 is 67.4. The molecule has 3 aliphatic heterocycles. The van der Waals surface area contributed by atoms with E-state index in [2.05, 4.69) is 5.32 Å². The van der Waals surface area contributed by atoms with E-state index in [0.29, 0.717) is 62.5 Å². The van der Waals surface area contributed by atoms with Crippen molar-refractivity contribution < 1.29 is 41.4 Å². The van der Waals surface area contributed by atoms with Crippen LogP contribution < -0.4 is 10.2 Å². The zero-order valence-electron chi connectivity index (χ0n) is 25.9. The number of nitrogens with one attached hydrogen (secondary N) is 1. The number of carbonyl (C=O) groups is 3. The highest BCUT2D eigenvalue weighted by Gasteiger charge is 2.48. The minimum Gasteiger partial charge on any atom is -0.381 e. The summed E-state index contributed by atoms with van der Waals surface area (Å²) in [5.41, 5.74) is -0.427. The zero-order valence-corrected chi connectivity index (χ0v) is 25.9. The number of nitrogens with zero attached hydrogens (tertiary/aromatic N) is 4. The summed E-state index contributed by atoms with van der Waals surface area (Å²) >= 11 is 0. The van der Waals surface area contributed by atoms with Gasteiger partial charge >= 0.3 is 6.18 Å². The molecule has 2 aromatic carbocycles. The average molecular weight is 658 g/mol. The third kappa shape index (κ3) is 6.23. The molecule has 3 amide bonds. The van der Waals surface area contributed by atoms with Crippen LogP contribution in [-0.4, -0.2) is 84.5 Å². The Balaban J connectivity index is 1.51. The van der Waals surface area contributed by atoms with Crippen molar-refractivity contribution in [3.8, 4) is 0 Å². The molecule has 3 unspecified atom stereocenters. The first-order valence-corrected chi connectivity index (χ1v) is 15.6. The molecule has 3 aliphatic rings. The Labute approximate surface area is 268 Å². The number of likely N-dealkylation sites (N-methyl/N-ethyl adjacent to an activating group) is 1. The molecule has 0 aliphatic carbocycles. The van der Waals surface area contributed by atoms with Crippen LogP contribution in [0.4, 0.5) is 23.4 Å². The van der Waals surface area contributed by atoms with Crippen LogP contribution in [-0.2, 0) is 20.4 Å². The van der Waals surface area contributed by atoms with Crippen molar-refractivity contribution >= 4 is 23.5 Å². The van der Waals surface area contributed by atoms with Crippen molar-refractivity contribution in [1.82, 2.24) is 20.0 Å². The Hall–Kier alpha value is -4.30. The lowest BCUT2D eigenvalue weighted by atomic mass is 9.80. The molecular weight excluding hydrogens is 622 g/mol. The van der Waals surface area contributed by atoms with Crippen molar-refractivity contribution in [3.05, 3.63) is 82.3 Å². The van der Waals surface area contributed by atoms with Crippen molar-refractivity contribution in [2.75, 3.05) is 44.9 Å². The Morgan fingerprint density at radius 2 is 1.81 bits per heavy atom. The minimum absolute atomic E-state index is 0.0850. The topological polar surface area (TPSA) is 106 Å². The fourth-order valence-corrected chi connectivity index (χ4v) is 6.71. The third-order valence-electron chi connectivity index (χ3n) is 9.14. The monoisotopic (exact) mass is 657 g/mol. The standard InChI is InChI=1S/C33H35F4N5O5/c1-3-41-30-26(28(31(44)40-14-11-24(18-40)46-2)39-42(30)23-12-15-47-16-13-23)25(19-7-9-22(34)10-8-19)27(32(41)45)38-29(43)20-5-4-6-21(17-20)33(35,36)37/h4-10,17,23-25,27H,3,11-16,18H2,1-2H3,(H,38,43). The van der Waals surface area contributed by atoms with Crippen molar-refractivity contribution in [2.45, 2.75) is 56.5 Å². The van der Waals surface area contributed by atoms with Crippen LogP contribution in [0, 0.1) is 5.82 Å². The lowest BCUT2D eigenvalue weighted by Crippen LogP contribution is -2.56. The molecule has 2 fully saturated rings. The Morgan fingerprint density at radius 3 is 2.45 bits per heavy atom. The van der Waals surface area contributed by atoms with E-state index in [-0.39, 0.29) is 35.9 Å². The highest BCUT2D eigenvalue weighted by atomic mass is 19.4. The number of methoxy groups -OCH3 is 1. The van der Waals surface area contributed by atoms with Gasteiger partial charge in [-0.3, -0.25) is 19.3 Å². The van der Waals surface area contributed by atoms with Gasteiger partial charge in [0.15, 0.2) is 5.69 Å². The van der Waals surface area contributed by atoms with Crippen molar-refractivity contribution in [2.24, 2.45) is 0 Å². The molecule has 1 N–H and O–H groups in total. The fourth-order valence-electron chi connectivity index (χ4n) is 6.71. The predicted molar refractivity (Wildman–Crippen MR) is 162 cm³/mol. The number of carbonyl (C=O) groups excluding carboxylic acids is 3. The molecule has 2 saturated heterocycles. The molecule has 3 aromatic rings. The molecule has 0 spiro atoms. The predicted octanol–water partition coefficient (Wildman–Crippen LogP) is 4.55. The summed E-state index contributed by atoms with van der Waals surface area (Å²) in [6, 6.07) is 7.72. The quantitative estimate of drug-likeness (QED) is 0.374. The number of aromatic nitrogens is 2. The number of hydrogen-bond acceptors (Lipinski definition) is 6. The number of hydrogen-bond donors (Lipinski definition) is 1. The molecule has 0 bridgehead atoms. The van der Waals surface area contributed by atoms with Crippen molar-refractivity contribution in [3.63, 3.8) is 0 Å². The highest BCUT2D eigenvalue weighted by Crippen LogP contribution is 2.45. The first kappa shape index (κ1) is 32.6. The van der Waals surface area contributed by atoms with Gasteiger partial charge in [-0.1, -0.05) is 18.2 Å². The van der Waals surface area contributed by atoms with E-state index in [1.807, 2.05) is 0 Å².